The van der Waals surface area contributed by atoms with E-state index in [0.717, 1.165) is 25.9 Å². The number of rotatable bonds is 6. The van der Waals surface area contributed by atoms with Crippen molar-refractivity contribution in [3.05, 3.63) is 31.0 Å². The predicted molar refractivity (Wildman–Crippen MR) is 86.8 cm³/mol. The zero-order valence-corrected chi connectivity index (χ0v) is 13.6. The van der Waals surface area contributed by atoms with Gasteiger partial charge in [0.05, 0.1) is 24.6 Å². The molecule has 1 saturated heterocycles. The van der Waals surface area contributed by atoms with Crippen LogP contribution in [0, 0.1) is 0 Å². The lowest BCUT2D eigenvalue weighted by Gasteiger charge is -2.23. The molecule has 1 aliphatic heterocycles. The van der Waals surface area contributed by atoms with E-state index in [2.05, 4.69) is 20.4 Å². The summed E-state index contributed by atoms with van der Waals surface area (Å²) in [4.78, 5) is 20.3. The standard InChI is InChI=1S/C16H21N5O3/c1-12(24-9-14-4-2-3-7-23-14)16(22)20-13-5-6-15(18-8-13)21-11-17-10-19-21/h5-6,8,10-12,14H,2-4,7,9H2,1H3,(H,20,22)/t12-,14-/m1/s1. The van der Waals surface area contributed by atoms with Gasteiger partial charge in [0.25, 0.3) is 5.91 Å². The summed E-state index contributed by atoms with van der Waals surface area (Å²) < 4.78 is 12.8. The van der Waals surface area contributed by atoms with Crippen LogP contribution in [-0.4, -0.2) is 51.1 Å². The number of hydrogen-bond acceptors (Lipinski definition) is 6. The average molecular weight is 331 g/mol. The van der Waals surface area contributed by atoms with E-state index < -0.39 is 6.10 Å². The van der Waals surface area contributed by atoms with Gasteiger partial charge in [0.15, 0.2) is 5.82 Å². The molecule has 2 aromatic rings. The van der Waals surface area contributed by atoms with Gasteiger partial charge in [-0.15, -0.1) is 0 Å². The van der Waals surface area contributed by atoms with Crippen LogP contribution >= 0.6 is 0 Å². The molecule has 3 heterocycles. The molecule has 2 aromatic heterocycles. The molecule has 0 bridgehead atoms. The number of amides is 1. The van der Waals surface area contributed by atoms with Gasteiger partial charge in [0.1, 0.15) is 18.8 Å². The largest absolute Gasteiger partial charge is 0.376 e. The molecule has 0 saturated carbocycles. The maximum Gasteiger partial charge on any atom is 0.253 e. The summed E-state index contributed by atoms with van der Waals surface area (Å²) >= 11 is 0. The molecular formula is C16H21N5O3. The van der Waals surface area contributed by atoms with Crippen molar-refractivity contribution >= 4 is 11.6 Å². The summed E-state index contributed by atoms with van der Waals surface area (Å²) in [5.41, 5.74) is 0.605. The Morgan fingerprint density at radius 3 is 3.08 bits per heavy atom. The third kappa shape index (κ3) is 4.36. The Bertz CT molecular complexity index is 638. The number of pyridine rings is 1. The number of ether oxygens (including phenoxy) is 2. The zero-order valence-electron chi connectivity index (χ0n) is 13.6. The third-order valence-electron chi connectivity index (χ3n) is 3.84. The Balaban J connectivity index is 1.48. The van der Waals surface area contributed by atoms with E-state index in [-0.39, 0.29) is 12.0 Å². The van der Waals surface area contributed by atoms with Gasteiger partial charge in [-0.2, -0.15) is 5.10 Å². The number of aromatic nitrogens is 4. The lowest BCUT2D eigenvalue weighted by atomic mass is 10.1. The summed E-state index contributed by atoms with van der Waals surface area (Å²) in [6, 6.07) is 3.52. The average Bonchev–Trinajstić information content (AvgIpc) is 3.16. The van der Waals surface area contributed by atoms with E-state index in [1.807, 2.05) is 0 Å². The van der Waals surface area contributed by atoms with E-state index in [1.54, 1.807) is 36.3 Å². The second kappa shape index (κ2) is 7.98. The van der Waals surface area contributed by atoms with E-state index in [1.165, 1.54) is 6.33 Å². The van der Waals surface area contributed by atoms with Crippen molar-refractivity contribution in [3.8, 4) is 5.82 Å². The molecular weight excluding hydrogens is 310 g/mol. The summed E-state index contributed by atoms with van der Waals surface area (Å²) in [5, 5.41) is 6.79. The fraction of sp³-hybridized carbons (Fsp3) is 0.500. The Hall–Kier alpha value is -2.32. The zero-order chi connectivity index (χ0) is 16.8. The van der Waals surface area contributed by atoms with Crippen molar-refractivity contribution in [1.82, 2.24) is 19.7 Å². The van der Waals surface area contributed by atoms with Crippen LogP contribution < -0.4 is 5.32 Å². The lowest BCUT2D eigenvalue weighted by Crippen LogP contribution is -2.32. The molecule has 1 amide bonds. The normalized spacial score (nSPS) is 19.0. The van der Waals surface area contributed by atoms with Gasteiger partial charge in [0, 0.05) is 6.61 Å². The molecule has 8 heteroatoms. The molecule has 1 N–H and O–H groups in total. The highest BCUT2D eigenvalue weighted by Crippen LogP contribution is 2.14. The molecule has 1 fully saturated rings. The first-order valence-electron chi connectivity index (χ1n) is 8.07. The maximum absolute atomic E-state index is 12.2. The highest BCUT2D eigenvalue weighted by atomic mass is 16.5. The number of carbonyl (C=O) groups excluding carboxylic acids is 1. The Morgan fingerprint density at radius 1 is 1.50 bits per heavy atom. The third-order valence-corrected chi connectivity index (χ3v) is 3.84. The number of nitrogens with zero attached hydrogens (tertiary/aromatic N) is 4. The Morgan fingerprint density at radius 2 is 2.42 bits per heavy atom. The van der Waals surface area contributed by atoms with Crippen LogP contribution in [0.25, 0.3) is 5.82 Å². The van der Waals surface area contributed by atoms with Gasteiger partial charge in [-0.05, 0) is 38.3 Å². The van der Waals surface area contributed by atoms with Gasteiger partial charge in [0.2, 0.25) is 0 Å². The minimum Gasteiger partial charge on any atom is -0.376 e. The first-order chi connectivity index (χ1) is 11.7. The van der Waals surface area contributed by atoms with E-state index in [9.17, 15) is 4.79 Å². The Labute approximate surface area is 140 Å². The molecule has 2 atom stereocenters. The van der Waals surface area contributed by atoms with Gasteiger partial charge in [-0.3, -0.25) is 4.79 Å². The summed E-state index contributed by atoms with van der Waals surface area (Å²) in [5.74, 6) is 0.422. The minimum absolute atomic E-state index is 0.0950. The predicted octanol–water partition coefficient (Wildman–Crippen LogP) is 1.57. The molecule has 0 radical (unpaired) electrons. The SMILES string of the molecule is C[C@@H](OC[C@H]1CCCCO1)C(=O)Nc1ccc(-n2cncn2)nc1. The summed E-state index contributed by atoms with van der Waals surface area (Å²) in [6.45, 7) is 2.95. The molecule has 0 aromatic carbocycles. The molecule has 128 valence electrons. The monoisotopic (exact) mass is 331 g/mol. The number of nitrogens with one attached hydrogen (secondary N) is 1. The fourth-order valence-electron chi connectivity index (χ4n) is 2.43. The van der Waals surface area contributed by atoms with E-state index in [0.29, 0.717) is 18.1 Å². The van der Waals surface area contributed by atoms with Crippen molar-refractivity contribution in [3.63, 3.8) is 0 Å². The summed E-state index contributed by atoms with van der Waals surface area (Å²) in [6.07, 6.45) is 7.36. The fourth-order valence-corrected chi connectivity index (χ4v) is 2.43. The smallest absolute Gasteiger partial charge is 0.253 e. The second-order valence-electron chi connectivity index (χ2n) is 5.70. The van der Waals surface area contributed by atoms with Crippen molar-refractivity contribution in [1.29, 1.82) is 0 Å². The van der Waals surface area contributed by atoms with Crippen LogP contribution in [0.4, 0.5) is 5.69 Å². The van der Waals surface area contributed by atoms with E-state index >= 15 is 0 Å². The molecule has 1 aliphatic rings. The van der Waals surface area contributed by atoms with Crippen molar-refractivity contribution in [2.45, 2.75) is 38.4 Å². The van der Waals surface area contributed by atoms with Crippen LogP contribution in [0.1, 0.15) is 26.2 Å². The highest BCUT2D eigenvalue weighted by molar-refractivity contribution is 5.93. The first-order valence-corrected chi connectivity index (χ1v) is 8.07. The first kappa shape index (κ1) is 16.5. The van der Waals surface area contributed by atoms with Gasteiger partial charge in [-0.25, -0.2) is 14.6 Å². The van der Waals surface area contributed by atoms with Gasteiger partial charge < -0.3 is 14.8 Å². The Kier molecular flexibility index (Phi) is 5.50. The van der Waals surface area contributed by atoms with Gasteiger partial charge in [-0.1, -0.05) is 0 Å². The quantitative estimate of drug-likeness (QED) is 0.864. The molecule has 24 heavy (non-hydrogen) atoms. The molecule has 0 unspecified atom stereocenters. The van der Waals surface area contributed by atoms with Crippen molar-refractivity contribution in [2.75, 3.05) is 18.5 Å². The number of hydrogen-bond donors (Lipinski definition) is 1. The van der Waals surface area contributed by atoms with Crippen molar-refractivity contribution < 1.29 is 14.3 Å². The van der Waals surface area contributed by atoms with Crippen LogP contribution in [0.2, 0.25) is 0 Å². The van der Waals surface area contributed by atoms with Crippen LogP contribution in [-0.2, 0) is 14.3 Å². The molecule has 3 rings (SSSR count). The maximum atomic E-state index is 12.2. The minimum atomic E-state index is -0.550. The second-order valence-corrected chi connectivity index (χ2v) is 5.70. The lowest BCUT2D eigenvalue weighted by molar-refractivity contribution is -0.130. The molecule has 0 spiro atoms. The number of carbonyl (C=O) groups is 1. The molecule has 0 aliphatic carbocycles. The van der Waals surface area contributed by atoms with Crippen LogP contribution in [0.5, 0.6) is 0 Å². The summed E-state index contributed by atoms with van der Waals surface area (Å²) in [7, 11) is 0. The van der Waals surface area contributed by atoms with E-state index in [4.69, 9.17) is 9.47 Å². The van der Waals surface area contributed by atoms with Crippen molar-refractivity contribution in [2.24, 2.45) is 0 Å². The topological polar surface area (TPSA) is 91.2 Å². The highest BCUT2D eigenvalue weighted by Gasteiger charge is 2.19. The van der Waals surface area contributed by atoms with Gasteiger partial charge >= 0.3 is 0 Å². The number of anilines is 1. The van der Waals surface area contributed by atoms with Crippen LogP contribution in [0.15, 0.2) is 31.0 Å². The van der Waals surface area contributed by atoms with Crippen LogP contribution in [0.3, 0.4) is 0 Å². The molecule has 8 nitrogen and oxygen atoms in total.